The van der Waals surface area contributed by atoms with E-state index < -0.39 is 37.0 Å². The topological polar surface area (TPSA) is 124 Å². The van der Waals surface area contributed by atoms with Crippen molar-refractivity contribution in [1.29, 1.82) is 0 Å². The van der Waals surface area contributed by atoms with Crippen molar-refractivity contribution < 1.29 is 36.1 Å². The Bertz CT molecular complexity index is 326. The molecular weight excluding hydrogens is 280 g/mol. The van der Waals surface area contributed by atoms with Gasteiger partial charge in [0, 0.05) is 7.79 Å². The van der Waals surface area contributed by atoms with Gasteiger partial charge in [0.15, 0.2) is 12.4 Å². The van der Waals surface area contributed by atoms with Gasteiger partial charge in [-0.2, -0.15) is 0 Å². The van der Waals surface area contributed by atoms with Crippen molar-refractivity contribution in [3.63, 3.8) is 0 Å². The number of aliphatic hydroxyl groups is 4. The van der Waals surface area contributed by atoms with E-state index in [1.807, 2.05) is 6.92 Å². The number of hydrogen-bond donors (Lipinski definition) is 4. The Morgan fingerprint density at radius 2 is 1.90 bits per heavy atom. The minimum absolute atomic E-state index is 0.0339. The summed E-state index contributed by atoms with van der Waals surface area (Å²) >= 11 is 0. The minimum Gasteiger partial charge on any atom is -0.452 e. The highest BCUT2D eigenvalue weighted by Gasteiger charge is 2.33. The molecule has 7 heteroatoms. The molecule has 0 amide bonds. The maximum absolute atomic E-state index is 11.6. The van der Waals surface area contributed by atoms with Gasteiger partial charge in [-0.3, -0.25) is 9.59 Å². The summed E-state index contributed by atoms with van der Waals surface area (Å²) in [6, 6.07) is 0. The second kappa shape index (κ2) is 11.6. The monoisotopic (exact) mass is 307 g/mol. The average molecular weight is 307 g/mol. The van der Waals surface area contributed by atoms with E-state index in [-0.39, 0.29) is 19.1 Å². The summed E-state index contributed by atoms with van der Waals surface area (Å²) in [4.78, 5) is 22.4. The lowest BCUT2D eigenvalue weighted by atomic mass is 10.0. The highest BCUT2D eigenvalue weighted by molar-refractivity contribution is 5.72. The standard InChI is InChI=1S/C14H26O7/c1-2-3-4-5-6-7-12(18)21-11(9-16)14(20)13(19)10(17)8-15/h9-11,13-15,17,19-20H,2-8H2,1H3/t10-,11+,13-,14-/m1/s1/i3D/t3?,10-,11+,13-,14-. The molecule has 0 radical (unpaired) electrons. The number of carbonyl (C=O) groups excluding carboxylic acids is 2. The number of unbranched alkanes of at least 4 members (excludes halogenated alkanes) is 1. The molecule has 0 aliphatic carbocycles. The molecule has 0 fully saturated rings. The van der Waals surface area contributed by atoms with Crippen LogP contribution >= 0.6 is 0 Å². The highest BCUT2D eigenvalue weighted by Crippen LogP contribution is 2.10. The summed E-state index contributed by atoms with van der Waals surface area (Å²) in [6.45, 7) is 1.11. The first-order chi connectivity index (χ1) is 10.4. The molecule has 0 saturated carbocycles. The lowest BCUT2D eigenvalue weighted by molar-refractivity contribution is -0.168. The fourth-order valence-corrected chi connectivity index (χ4v) is 1.68. The molecule has 21 heavy (non-hydrogen) atoms. The number of rotatable bonds is 12. The molecule has 1 unspecified atom stereocenters. The summed E-state index contributed by atoms with van der Waals surface area (Å²) < 4.78 is 12.3. The Labute approximate surface area is 126 Å². The third-order valence-electron chi connectivity index (χ3n) is 3.00. The van der Waals surface area contributed by atoms with Gasteiger partial charge >= 0.3 is 5.97 Å². The zero-order valence-corrected chi connectivity index (χ0v) is 12.2. The SMILES string of the molecule is [2H]C(CC)CCCCC(=O)O[C@@H](C=O)[C@@H](O)[C@H](O)[C@H](O)CO. The van der Waals surface area contributed by atoms with Crippen molar-refractivity contribution in [3.05, 3.63) is 0 Å². The first kappa shape index (κ1) is 18.0. The van der Waals surface area contributed by atoms with Crippen LogP contribution < -0.4 is 0 Å². The fraction of sp³-hybridized carbons (Fsp3) is 0.857. The molecule has 0 spiro atoms. The van der Waals surface area contributed by atoms with Crippen LogP contribution in [-0.4, -0.2) is 63.7 Å². The molecule has 0 aliphatic rings. The van der Waals surface area contributed by atoms with Crippen molar-refractivity contribution in [2.45, 2.75) is 69.8 Å². The zero-order chi connectivity index (χ0) is 17.1. The maximum atomic E-state index is 11.6. The number of ether oxygens (including phenoxy) is 1. The first-order valence-corrected chi connectivity index (χ1v) is 7.09. The molecule has 5 atom stereocenters. The second-order valence-electron chi connectivity index (χ2n) is 4.76. The van der Waals surface area contributed by atoms with Crippen molar-refractivity contribution in [2.75, 3.05) is 6.61 Å². The van der Waals surface area contributed by atoms with Gasteiger partial charge in [0.2, 0.25) is 0 Å². The van der Waals surface area contributed by atoms with Crippen LogP contribution in [0.2, 0.25) is 0 Å². The molecule has 0 aromatic rings. The predicted octanol–water partition coefficient (Wildman–Crippen LogP) is -0.467. The van der Waals surface area contributed by atoms with Crippen LogP contribution in [0.15, 0.2) is 0 Å². The molecule has 0 bridgehead atoms. The highest BCUT2D eigenvalue weighted by atomic mass is 16.6. The van der Waals surface area contributed by atoms with E-state index in [0.29, 0.717) is 19.3 Å². The van der Waals surface area contributed by atoms with Gasteiger partial charge in [-0.15, -0.1) is 0 Å². The molecule has 0 rings (SSSR count). The number of carbonyl (C=O) groups is 2. The molecule has 0 aromatic carbocycles. The van der Waals surface area contributed by atoms with Crippen LogP contribution in [0.3, 0.4) is 0 Å². The zero-order valence-electron chi connectivity index (χ0n) is 13.2. The molecule has 0 heterocycles. The summed E-state index contributed by atoms with van der Waals surface area (Å²) in [7, 11) is 0. The van der Waals surface area contributed by atoms with Crippen LogP contribution in [0, 0.1) is 0 Å². The molecular formula is C14H26O7. The molecule has 0 aromatic heterocycles. The molecule has 0 saturated heterocycles. The number of aldehydes is 1. The first-order valence-electron chi connectivity index (χ1n) is 7.67. The molecule has 7 nitrogen and oxygen atoms in total. The fourth-order valence-electron chi connectivity index (χ4n) is 1.68. The van der Waals surface area contributed by atoms with Crippen LogP contribution in [0.25, 0.3) is 0 Å². The van der Waals surface area contributed by atoms with Crippen LogP contribution in [0.5, 0.6) is 0 Å². The van der Waals surface area contributed by atoms with Crippen LogP contribution in [0.4, 0.5) is 0 Å². The van der Waals surface area contributed by atoms with Gasteiger partial charge in [-0.25, -0.2) is 0 Å². The molecule has 0 aliphatic heterocycles. The maximum Gasteiger partial charge on any atom is 0.306 e. The third-order valence-corrected chi connectivity index (χ3v) is 3.00. The van der Waals surface area contributed by atoms with Crippen molar-refractivity contribution in [1.82, 2.24) is 0 Å². The van der Waals surface area contributed by atoms with E-state index in [1.165, 1.54) is 0 Å². The molecule has 4 N–H and O–H groups in total. The average Bonchev–Trinajstić information content (AvgIpc) is 2.53. The Hall–Kier alpha value is -1.02. The van der Waals surface area contributed by atoms with E-state index in [0.717, 1.165) is 6.42 Å². The van der Waals surface area contributed by atoms with Gasteiger partial charge in [0.25, 0.3) is 0 Å². The summed E-state index contributed by atoms with van der Waals surface area (Å²) in [6.07, 6.45) is -4.24. The van der Waals surface area contributed by atoms with E-state index in [4.69, 9.17) is 11.2 Å². The van der Waals surface area contributed by atoms with E-state index in [9.17, 15) is 24.9 Å². The van der Waals surface area contributed by atoms with Crippen molar-refractivity contribution in [2.24, 2.45) is 0 Å². The Morgan fingerprint density at radius 1 is 1.24 bits per heavy atom. The summed E-state index contributed by atoms with van der Waals surface area (Å²) in [5.41, 5.74) is 0. The van der Waals surface area contributed by atoms with Crippen LogP contribution in [-0.2, 0) is 14.3 Å². The Morgan fingerprint density at radius 3 is 2.43 bits per heavy atom. The van der Waals surface area contributed by atoms with Crippen molar-refractivity contribution in [3.8, 4) is 0 Å². The predicted molar refractivity (Wildman–Crippen MR) is 74.4 cm³/mol. The van der Waals surface area contributed by atoms with Crippen molar-refractivity contribution >= 4 is 12.3 Å². The quantitative estimate of drug-likeness (QED) is 0.218. The van der Waals surface area contributed by atoms with Gasteiger partial charge in [-0.1, -0.05) is 32.6 Å². The van der Waals surface area contributed by atoms with E-state index in [1.54, 1.807) is 0 Å². The minimum atomic E-state index is -1.82. The number of esters is 1. The van der Waals surface area contributed by atoms with E-state index in [2.05, 4.69) is 0 Å². The number of aliphatic hydroxyl groups excluding tert-OH is 4. The van der Waals surface area contributed by atoms with Gasteiger partial charge in [0.1, 0.15) is 18.3 Å². The van der Waals surface area contributed by atoms with E-state index >= 15 is 0 Å². The lowest BCUT2D eigenvalue weighted by Crippen LogP contribution is -2.48. The number of hydrogen-bond acceptors (Lipinski definition) is 7. The largest absolute Gasteiger partial charge is 0.452 e. The van der Waals surface area contributed by atoms with Gasteiger partial charge in [-0.05, 0) is 6.42 Å². The summed E-state index contributed by atoms with van der Waals surface area (Å²) in [5.74, 6) is -0.708. The molecule has 124 valence electrons. The van der Waals surface area contributed by atoms with Gasteiger partial charge < -0.3 is 25.2 Å². The van der Waals surface area contributed by atoms with Crippen LogP contribution in [0.1, 0.15) is 46.8 Å². The smallest absolute Gasteiger partial charge is 0.306 e. The normalized spacial score (nSPS) is 19.0. The summed E-state index contributed by atoms with van der Waals surface area (Å²) in [5, 5.41) is 37.0. The Kier molecular flexibility index (Phi) is 9.98. The lowest BCUT2D eigenvalue weighted by Gasteiger charge is -2.25. The Balaban J connectivity index is 4.20. The van der Waals surface area contributed by atoms with Gasteiger partial charge in [0.05, 0.1) is 6.61 Å². The third kappa shape index (κ3) is 8.11. The second-order valence-corrected chi connectivity index (χ2v) is 4.76.